The van der Waals surface area contributed by atoms with E-state index in [2.05, 4.69) is 10.6 Å². The van der Waals surface area contributed by atoms with Crippen molar-refractivity contribution in [1.29, 1.82) is 0 Å². The number of carbonyl (C=O) groups is 1. The number of aliphatic hydroxyl groups excluding tert-OH is 1. The first-order valence-electron chi connectivity index (χ1n) is 6.50. The van der Waals surface area contributed by atoms with Gasteiger partial charge in [0.05, 0.1) is 18.9 Å². The molecule has 2 amide bonds. The first-order valence-corrected chi connectivity index (χ1v) is 6.50. The summed E-state index contributed by atoms with van der Waals surface area (Å²) in [5.74, 6) is 0.0586. The fourth-order valence-corrected chi connectivity index (χ4v) is 1.61. The van der Waals surface area contributed by atoms with Gasteiger partial charge in [-0.15, -0.1) is 0 Å². The van der Waals surface area contributed by atoms with E-state index in [1.54, 1.807) is 0 Å². The van der Waals surface area contributed by atoms with Crippen LogP contribution >= 0.6 is 0 Å². The highest BCUT2D eigenvalue weighted by Crippen LogP contribution is 2.24. The molecule has 0 fully saturated rings. The van der Waals surface area contributed by atoms with E-state index in [1.165, 1.54) is 25.3 Å². The van der Waals surface area contributed by atoms with Crippen LogP contribution in [0.5, 0.6) is 5.75 Å². The predicted octanol–water partition coefficient (Wildman–Crippen LogP) is 2.36. The molecule has 5 nitrogen and oxygen atoms in total. The summed E-state index contributed by atoms with van der Waals surface area (Å²) in [7, 11) is 1.44. The summed E-state index contributed by atoms with van der Waals surface area (Å²) in [6, 6.07) is 3.40. The molecule has 1 aromatic rings. The molecule has 20 heavy (non-hydrogen) atoms. The van der Waals surface area contributed by atoms with Crippen molar-refractivity contribution in [2.24, 2.45) is 5.92 Å². The van der Waals surface area contributed by atoms with Crippen LogP contribution in [-0.4, -0.2) is 30.9 Å². The standard InChI is InChI=1S/C14H21FN2O3/c1-9(2)12(18)6-7-16-14(19)17-11-8-10(15)4-5-13(11)20-3/h4-5,8-9,12,18H,6-7H2,1-3H3,(H2,16,17,19). The van der Waals surface area contributed by atoms with Gasteiger partial charge in [0.1, 0.15) is 11.6 Å². The van der Waals surface area contributed by atoms with Crippen LogP contribution in [0.25, 0.3) is 0 Å². The molecular weight excluding hydrogens is 263 g/mol. The maximum atomic E-state index is 13.1. The summed E-state index contributed by atoms with van der Waals surface area (Å²) in [6.07, 6.45) is 0.00441. The van der Waals surface area contributed by atoms with Crippen molar-refractivity contribution in [3.8, 4) is 5.75 Å². The minimum atomic E-state index is -0.468. The van der Waals surface area contributed by atoms with Gasteiger partial charge >= 0.3 is 6.03 Å². The Morgan fingerprint density at radius 1 is 1.45 bits per heavy atom. The highest BCUT2D eigenvalue weighted by Gasteiger charge is 2.11. The lowest BCUT2D eigenvalue weighted by Gasteiger charge is -2.15. The summed E-state index contributed by atoms with van der Waals surface area (Å²) >= 11 is 0. The third kappa shape index (κ3) is 5.05. The lowest BCUT2D eigenvalue weighted by molar-refractivity contribution is 0.117. The van der Waals surface area contributed by atoms with E-state index >= 15 is 0 Å². The zero-order chi connectivity index (χ0) is 15.1. The summed E-state index contributed by atoms with van der Waals surface area (Å²) < 4.78 is 18.1. The molecule has 0 aliphatic rings. The van der Waals surface area contributed by atoms with Crippen molar-refractivity contribution < 1.29 is 19.0 Å². The lowest BCUT2D eigenvalue weighted by atomic mass is 10.0. The van der Waals surface area contributed by atoms with Crippen LogP contribution in [-0.2, 0) is 0 Å². The highest BCUT2D eigenvalue weighted by molar-refractivity contribution is 5.90. The zero-order valence-corrected chi connectivity index (χ0v) is 11.9. The van der Waals surface area contributed by atoms with Crippen LogP contribution in [0.4, 0.5) is 14.9 Å². The van der Waals surface area contributed by atoms with Crippen molar-refractivity contribution in [2.45, 2.75) is 26.4 Å². The minimum Gasteiger partial charge on any atom is -0.495 e. The molecule has 3 N–H and O–H groups in total. The molecule has 6 heteroatoms. The van der Waals surface area contributed by atoms with Crippen LogP contribution < -0.4 is 15.4 Å². The quantitative estimate of drug-likeness (QED) is 0.751. The number of methoxy groups -OCH3 is 1. The molecule has 0 spiro atoms. The Morgan fingerprint density at radius 3 is 2.75 bits per heavy atom. The van der Waals surface area contributed by atoms with E-state index in [0.29, 0.717) is 18.7 Å². The number of hydrogen-bond acceptors (Lipinski definition) is 3. The molecule has 1 aromatic carbocycles. The first-order chi connectivity index (χ1) is 9.43. The number of urea groups is 1. The Balaban J connectivity index is 2.48. The van der Waals surface area contributed by atoms with Crippen molar-refractivity contribution in [3.05, 3.63) is 24.0 Å². The van der Waals surface area contributed by atoms with Gasteiger partial charge in [-0.1, -0.05) is 13.8 Å². The van der Waals surface area contributed by atoms with Gasteiger partial charge in [-0.2, -0.15) is 0 Å². The van der Waals surface area contributed by atoms with Gasteiger partial charge in [0, 0.05) is 12.6 Å². The number of anilines is 1. The smallest absolute Gasteiger partial charge is 0.319 e. The SMILES string of the molecule is COc1ccc(F)cc1NC(=O)NCCC(O)C(C)C. The van der Waals surface area contributed by atoms with Gasteiger partial charge in [-0.05, 0) is 24.5 Å². The molecule has 0 aliphatic heterocycles. The summed E-state index contributed by atoms with van der Waals surface area (Å²) in [6.45, 7) is 4.15. The number of ether oxygens (including phenoxy) is 1. The molecule has 0 bridgehead atoms. The highest BCUT2D eigenvalue weighted by atomic mass is 19.1. The third-order valence-electron chi connectivity index (χ3n) is 2.90. The number of amides is 2. The van der Waals surface area contributed by atoms with E-state index < -0.39 is 18.0 Å². The molecule has 0 aliphatic carbocycles. The molecular formula is C14H21FN2O3. The molecule has 1 atom stereocenters. The number of rotatable bonds is 6. The van der Waals surface area contributed by atoms with Crippen LogP contribution in [0, 0.1) is 11.7 Å². The molecule has 112 valence electrons. The topological polar surface area (TPSA) is 70.6 Å². The van der Waals surface area contributed by atoms with Crippen molar-refractivity contribution in [3.63, 3.8) is 0 Å². The number of halogens is 1. The summed E-state index contributed by atoms with van der Waals surface area (Å²) in [5.41, 5.74) is 0.259. The number of aliphatic hydroxyl groups is 1. The van der Waals surface area contributed by atoms with Gasteiger partial charge in [0.15, 0.2) is 0 Å². The number of hydrogen-bond donors (Lipinski definition) is 3. The van der Waals surface area contributed by atoms with E-state index in [4.69, 9.17) is 4.74 Å². The Bertz CT molecular complexity index is 452. The number of nitrogens with one attached hydrogen (secondary N) is 2. The molecule has 1 unspecified atom stereocenters. The molecule has 1 rings (SSSR count). The van der Waals surface area contributed by atoms with E-state index in [-0.39, 0.29) is 11.6 Å². The van der Waals surface area contributed by atoms with E-state index in [0.717, 1.165) is 0 Å². The second-order valence-electron chi connectivity index (χ2n) is 4.83. The van der Waals surface area contributed by atoms with Gasteiger partial charge < -0.3 is 20.5 Å². The van der Waals surface area contributed by atoms with Crippen LogP contribution in [0.15, 0.2) is 18.2 Å². The largest absolute Gasteiger partial charge is 0.495 e. The zero-order valence-electron chi connectivity index (χ0n) is 11.9. The molecule has 0 aromatic heterocycles. The van der Waals surface area contributed by atoms with Crippen LogP contribution in [0.1, 0.15) is 20.3 Å². The monoisotopic (exact) mass is 284 g/mol. The van der Waals surface area contributed by atoms with Crippen molar-refractivity contribution in [1.82, 2.24) is 5.32 Å². The molecule has 0 radical (unpaired) electrons. The number of benzene rings is 1. The van der Waals surface area contributed by atoms with Crippen molar-refractivity contribution >= 4 is 11.7 Å². The normalized spacial score (nSPS) is 12.1. The first kappa shape index (κ1) is 16.2. The fourth-order valence-electron chi connectivity index (χ4n) is 1.61. The second kappa shape index (κ2) is 7.69. The van der Waals surface area contributed by atoms with Gasteiger partial charge in [0.25, 0.3) is 0 Å². The maximum absolute atomic E-state index is 13.1. The Kier molecular flexibility index (Phi) is 6.24. The molecule has 0 saturated carbocycles. The Hall–Kier alpha value is -1.82. The van der Waals surface area contributed by atoms with Crippen molar-refractivity contribution in [2.75, 3.05) is 19.0 Å². The van der Waals surface area contributed by atoms with Crippen LogP contribution in [0.2, 0.25) is 0 Å². The average Bonchev–Trinajstić information content (AvgIpc) is 2.38. The third-order valence-corrected chi connectivity index (χ3v) is 2.90. The van der Waals surface area contributed by atoms with Crippen LogP contribution in [0.3, 0.4) is 0 Å². The van der Waals surface area contributed by atoms with E-state index in [9.17, 15) is 14.3 Å². The van der Waals surface area contributed by atoms with Gasteiger partial charge in [-0.25, -0.2) is 9.18 Å². The fraction of sp³-hybridized carbons (Fsp3) is 0.500. The van der Waals surface area contributed by atoms with E-state index in [1.807, 2.05) is 13.8 Å². The maximum Gasteiger partial charge on any atom is 0.319 e. The Labute approximate surface area is 118 Å². The summed E-state index contributed by atoms with van der Waals surface area (Å²) in [5, 5.41) is 14.7. The Morgan fingerprint density at radius 2 is 2.15 bits per heavy atom. The minimum absolute atomic E-state index is 0.142. The average molecular weight is 284 g/mol. The predicted molar refractivity (Wildman–Crippen MR) is 75.4 cm³/mol. The molecule has 0 saturated heterocycles. The van der Waals surface area contributed by atoms with Gasteiger partial charge in [0.2, 0.25) is 0 Å². The van der Waals surface area contributed by atoms with Gasteiger partial charge in [-0.3, -0.25) is 0 Å². The molecule has 0 heterocycles. The number of carbonyl (C=O) groups excluding carboxylic acids is 1. The summed E-state index contributed by atoms with van der Waals surface area (Å²) in [4.78, 5) is 11.7. The second-order valence-corrected chi connectivity index (χ2v) is 4.83. The lowest BCUT2D eigenvalue weighted by Crippen LogP contribution is -2.32.